The highest BCUT2D eigenvalue weighted by atomic mass is 35.5. The third-order valence-electron chi connectivity index (χ3n) is 5.62. The van der Waals surface area contributed by atoms with Gasteiger partial charge in [-0.1, -0.05) is 29.3 Å². The minimum atomic E-state index is -0.755. The average molecular weight is 464 g/mol. The lowest BCUT2D eigenvalue weighted by molar-refractivity contribution is -0.117. The summed E-state index contributed by atoms with van der Waals surface area (Å²) in [4.78, 5) is 29.1. The Bertz CT molecular complexity index is 1410. The van der Waals surface area contributed by atoms with E-state index in [0.29, 0.717) is 21.7 Å². The molecule has 4 aromatic rings. The second-order valence-electron chi connectivity index (χ2n) is 7.77. The lowest BCUT2D eigenvalue weighted by Crippen LogP contribution is -2.30. The molecule has 0 spiro atoms. The summed E-state index contributed by atoms with van der Waals surface area (Å²) in [5.41, 5.74) is 3.08. The number of amides is 1. The number of aliphatic hydroxyl groups excluding tert-OH is 1. The van der Waals surface area contributed by atoms with Crippen LogP contribution in [0.4, 0.5) is 5.69 Å². The molecule has 1 aliphatic heterocycles. The van der Waals surface area contributed by atoms with Crippen LogP contribution >= 0.6 is 22.9 Å². The minimum absolute atomic E-state index is 0.00581. The summed E-state index contributed by atoms with van der Waals surface area (Å²) < 4.78 is 5.75. The maximum absolute atomic E-state index is 13.6. The van der Waals surface area contributed by atoms with Crippen molar-refractivity contribution in [3.63, 3.8) is 0 Å². The Morgan fingerprint density at radius 2 is 1.84 bits per heavy atom. The Morgan fingerprint density at radius 3 is 2.53 bits per heavy atom. The van der Waals surface area contributed by atoms with E-state index in [1.165, 1.54) is 16.2 Å². The molecule has 0 saturated carbocycles. The molecular weight excluding hydrogens is 446 g/mol. The van der Waals surface area contributed by atoms with Crippen LogP contribution in [0.15, 0.2) is 75.7 Å². The van der Waals surface area contributed by atoms with Crippen molar-refractivity contribution in [2.24, 2.45) is 0 Å². The van der Waals surface area contributed by atoms with E-state index in [0.717, 1.165) is 16.0 Å². The van der Waals surface area contributed by atoms with Crippen LogP contribution in [0.1, 0.15) is 32.6 Å². The second-order valence-corrected chi connectivity index (χ2v) is 9.15. The summed E-state index contributed by atoms with van der Waals surface area (Å²) in [6.07, 6.45) is 0. The molecule has 2 aromatic carbocycles. The van der Waals surface area contributed by atoms with Gasteiger partial charge in [-0.3, -0.25) is 14.5 Å². The van der Waals surface area contributed by atoms with Gasteiger partial charge in [0.05, 0.1) is 5.57 Å². The molecular formula is C25H18ClNO4S. The van der Waals surface area contributed by atoms with Gasteiger partial charge in [-0.15, -0.1) is 11.3 Å². The number of furan rings is 1. The zero-order valence-electron chi connectivity index (χ0n) is 17.3. The van der Waals surface area contributed by atoms with E-state index < -0.39 is 23.5 Å². The van der Waals surface area contributed by atoms with Gasteiger partial charge in [0.2, 0.25) is 5.78 Å². The number of rotatable bonds is 4. The maximum atomic E-state index is 13.6. The van der Waals surface area contributed by atoms with Crippen LogP contribution in [0.5, 0.6) is 0 Å². The normalized spacial score (nSPS) is 16.4. The monoisotopic (exact) mass is 463 g/mol. The first-order valence-electron chi connectivity index (χ1n) is 9.96. The predicted molar refractivity (Wildman–Crippen MR) is 126 cm³/mol. The third kappa shape index (κ3) is 3.23. The Kier molecular flexibility index (Phi) is 4.92. The highest BCUT2D eigenvalue weighted by molar-refractivity contribution is 7.10. The molecule has 2 aromatic heterocycles. The van der Waals surface area contributed by atoms with Crippen molar-refractivity contribution in [3.8, 4) is 0 Å². The van der Waals surface area contributed by atoms with Crippen molar-refractivity contribution < 1.29 is 19.1 Å². The standard InChI is InChI=1S/C25H18ClNO4S/c1-13-3-6-17(7-4-13)27-21(24-14(2)9-10-32-24)20(23(29)25(27)30)22(28)19-12-15-11-16(26)5-8-18(15)31-19/h3-12,21,29H,1-2H3. The number of benzene rings is 2. The quantitative estimate of drug-likeness (QED) is 0.348. The van der Waals surface area contributed by atoms with Crippen molar-refractivity contribution in [2.75, 3.05) is 4.90 Å². The number of carbonyl (C=O) groups excluding carboxylic acids is 2. The molecule has 0 radical (unpaired) electrons. The summed E-state index contributed by atoms with van der Waals surface area (Å²) in [5, 5.41) is 14.0. The van der Waals surface area contributed by atoms with Crippen molar-refractivity contribution in [3.05, 3.63) is 98.1 Å². The van der Waals surface area contributed by atoms with Crippen LogP contribution in [0.2, 0.25) is 5.02 Å². The Morgan fingerprint density at radius 1 is 1.09 bits per heavy atom. The summed E-state index contributed by atoms with van der Waals surface area (Å²) in [6.45, 7) is 3.87. The highest BCUT2D eigenvalue weighted by Gasteiger charge is 2.46. The number of hydrogen-bond donors (Lipinski definition) is 1. The van der Waals surface area contributed by atoms with Gasteiger partial charge in [0.25, 0.3) is 5.91 Å². The largest absolute Gasteiger partial charge is 0.503 e. The first kappa shape index (κ1) is 20.5. The van der Waals surface area contributed by atoms with Crippen molar-refractivity contribution in [1.82, 2.24) is 0 Å². The third-order valence-corrected chi connectivity index (χ3v) is 6.92. The van der Waals surface area contributed by atoms with E-state index in [1.807, 2.05) is 49.6 Å². The maximum Gasteiger partial charge on any atom is 0.294 e. The number of aryl methyl sites for hydroxylation is 2. The Labute approximate surface area is 193 Å². The number of ketones is 1. The average Bonchev–Trinajstić information content (AvgIpc) is 3.45. The lowest BCUT2D eigenvalue weighted by atomic mass is 9.98. The van der Waals surface area contributed by atoms with E-state index in [4.69, 9.17) is 16.0 Å². The fourth-order valence-electron chi connectivity index (χ4n) is 3.98. The molecule has 5 nitrogen and oxygen atoms in total. The zero-order valence-corrected chi connectivity index (χ0v) is 18.8. The first-order valence-corrected chi connectivity index (χ1v) is 11.2. The molecule has 1 amide bonds. The molecule has 160 valence electrons. The van der Waals surface area contributed by atoms with Crippen LogP contribution in [0.25, 0.3) is 11.0 Å². The van der Waals surface area contributed by atoms with Crippen molar-refractivity contribution >= 4 is 51.3 Å². The summed E-state index contributed by atoms with van der Waals surface area (Å²) in [7, 11) is 0. The Hall–Kier alpha value is -3.35. The van der Waals surface area contributed by atoms with Crippen LogP contribution < -0.4 is 4.90 Å². The number of carbonyl (C=O) groups is 2. The molecule has 1 unspecified atom stereocenters. The van der Waals surface area contributed by atoms with Crippen LogP contribution in [-0.4, -0.2) is 16.8 Å². The van der Waals surface area contributed by atoms with E-state index in [-0.39, 0.29) is 11.3 Å². The molecule has 1 atom stereocenters. The number of Topliss-reactive ketones (excluding diaryl/α,β-unsaturated/α-hetero) is 1. The van der Waals surface area contributed by atoms with E-state index >= 15 is 0 Å². The minimum Gasteiger partial charge on any atom is -0.503 e. The van der Waals surface area contributed by atoms with Gasteiger partial charge in [-0.25, -0.2) is 0 Å². The Balaban J connectivity index is 1.66. The van der Waals surface area contributed by atoms with Crippen LogP contribution in [0, 0.1) is 13.8 Å². The van der Waals surface area contributed by atoms with Gasteiger partial charge in [0.15, 0.2) is 11.5 Å². The smallest absolute Gasteiger partial charge is 0.294 e. The van der Waals surface area contributed by atoms with Gasteiger partial charge in [0, 0.05) is 21.0 Å². The van der Waals surface area contributed by atoms with Gasteiger partial charge in [-0.05, 0) is 67.3 Å². The van der Waals surface area contributed by atoms with E-state index in [1.54, 1.807) is 24.3 Å². The number of anilines is 1. The summed E-state index contributed by atoms with van der Waals surface area (Å²) in [5.74, 6) is -1.67. The first-order chi connectivity index (χ1) is 15.3. The molecule has 7 heteroatoms. The summed E-state index contributed by atoms with van der Waals surface area (Å²) >= 11 is 7.49. The molecule has 1 N–H and O–H groups in total. The highest BCUT2D eigenvalue weighted by Crippen LogP contribution is 2.45. The van der Waals surface area contributed by atoms with E-state index in [9.17, 15) is 14.7 Å². The van der Waals surface area contributed by atoms with Gasteiger partial charge in [0.1, 0.15) is 11.6 Å². The number of hydrogen-bond acceptors (Lipinski definition) is 5. The lowest BCUT2D eigenvalue weighted by Gasteiger charge is -2.26. The zero-order chi connectivity index (χ0) is 22.6. The molecule has 0 aliphatic carbocycles. The topological polar surface area (TPSA) is 70.8 Å². The van der Waals surface area contributed by atoms with Gasteiger partial charge < -0.3 is 9.52 Å². The second kappa shape index (κ2) is 7.65. The number of nitrogens with zero attached hydrogens (tertiary/aromatic N) is 1. The number of thiophene rings is 1. The van der Waals surface area contributed by atoms with E-state index in [2.05, 4.69) is 0 Å². The molecule has 3 heterocycles. The SMILES string of the molecule is Cc1ccc(N2C(=O)C(O)=C(C(=O)c3cc4cc(Cl)ccc4o3)C2c2sccc2C)cc1. The molecule has 0 fully saturated rings. The van der Waals surface area contributed by atoms with Gasteiger partial charge in [-0.2, -0.15) is 0 Å². The fraction of sp³-hybridized carbons (Fsp3) is 0.120. The van der Waals surface area contributed by atoms with Crippen molar-refractivity contribution in [2.45, 2.75) is 19.9 Å². The molecule has 1 aliphatic rings. The fourth-order valence-corrected chi connectivity index (χ4v) is 5.19. The molecule has 5 rings (SSSR count). The number of fused-ring (bicyclic) bond motifs is 1. The molecule has 0 bridgehead atoms. The number of halogens is 1. The molecule has 32 heavy (non-hydrogen) atoms. The predicted octanol–water partition coefficient (Wildman–Crippen LogP) is 6.55. The summed E-state index contributed by atoms with van der Waals surface area (Å²) in [6, 6.07) is 15.2. The van der Waals surface area contributed by atoms with Crippen LogP contribution in [0.3, 0.4) is 0 Å². The van der Waals surface area contributed by atoms with Crippen LogP contribution in [-0.2, 0) is 4.79 Å². The van der Waals surface area contributed by atoms with Crippen molar-refractivity contribution in [1.29, 1.82) is 0 Å². The van der Waals surface area contributed by atoms with Gasteiger partial charge >= 0.3 is 0 Å². The molecule has 0 saturated heterocycles. The number of aliphatic hydroxyl groups is 1.